The van der Waals surface area contributed by atoms with Crippen molar-refractivity contribution in [3.05, 3.63) is 0 Å². The number of nitrogens with one attached hydrogen (secondary N) is 1. The van der Waals surface area contributed by atoms with Gasteiger partial charge >= 0.3 is 0 Å². The Morgan fingerprint density at radius 3 is 2.59 bits per heavy atom. The quantitative estimate of drug-likeness (QED) is 0.783. The van der Waals surface area contributed by atoms with E-state index in [0.29, 0.717) is 0 Å². The standard InChI is InChI=1S/C13H25N3O/c1-13(11(17)16(2)12(14)15-13)9-8-10-6-4-3-5-7-10/h10,12,15H,3-9,14H2,1-2H3/t12?,13-/m0/s1. The lowest BCUT2D eigenvalue weighted by atomic mass is 9.82. The van der Waals surface area contributed by atoms with Crippen LogP contribution in [0.3, 0.4) is 0 Å². The molecule has 0 radical (unpaired) electrons. The minimum Gasteiger partial charge on any atom is -0.316 e. The highest BCUT2D eigenvalue weighted by molar-refractivity contribution is 5.88. The molecule has 2 rings (SSSR count). The molecule has 17 heavy (non-hydrogen) atoms. The van der Waals surface area contributed by atoms with Gasteiger partial charge in [-0.3, -0.25) is 15.8 Å². The van der Waals surface area contributed by atoms with Crippen LogP contribution < -0.4 is 11.1 Å². The first-order chi connectivity index (χ1) is 8.03. The van der Waals surface area contributed by atoms with Crippen LogP contribution in [0.15, 0.2) is 0 Å². The maximum absolute atomic E-state index is 12.1. The molecule has 1 aliphatic heterocycles. The summed E-state index contributed by atoms with van der Waals surface area (Å²) in [7, 11) is 1.77. The molecule has 2 aliphatic rings. The maximum Gasteiger partial charge on any atom is 0.244 e. The van der Waals surface area contributed by atoms with E-state index in [9.17, 15) is 4.79 Å². The van der Waals surface area contributed by atoms with Crippen LogP contribution in [0.1, 0.15) is 51.9 Å². The molecule has 98 valence electrons. The Balaban J connectivity index is 1.87. The van der Waals surface area contributed by atoms with Gasteiger partial charge in [-0.25, -0.2) is 0 Å². The SMILES string of the molecule is CN1C(=O)[C@](C)(CCC2CCCCC2)NC1N. The van der Waals surface area contributed by atoms with Gasteiger partial charge in [0.2, 0.25) is 5.91 Å². The van der Waals surface area contributed by atoms with E-state index < -0.39 is 5.54 Å². The predicted molar refractivity (Wildman–Crippen MR) is 68.1 cm³/mol. The van der Waals surface area contributed by atoms with Crippen molar-refractivity contribution in [2.24, 2.45) is 11.7 Å². The van der Waals surface area contributed by atoms with Crippen molar-refractivity contribution in [3.8, 4) is 0 Å². The predicted octanol–water partition coefficient (Wildman–Crippen LogP) is 1.41. The molecule has 1 amide bonds. The van der Waals surface area contributed by atoms with E-state index in [1.807, 2.05) is 6.92 Å². The Morgan fingerprint density at radius 1 is 1.41 bits per heavy atom. The highest BCUT2D eigenvalue weighted by Gasteiger charge is 2.44. The maximum atomic E-state index is 12.1. The number of carbonyl (C=O) groups excluding carboxylic acids is 1. The summed E-state index contributed by atoms with van der Waals surface area (Å²) in [6.07, 6.45) is 8.53. The van der Waals surface area contributed by atoms with Crippen LogP contribution in [-0.4, -0.2) is 29.7 Å². The van der Waals surface area contributed by atoms with Gasteiger partial charge < -0.3 is 4.90 Å². The summed E-state index contributed by atoms with van der Waals surface area (Å²) in [6, 6.07) is 0. The average molecular weight is 239 g/mol. The summed E-state index contributed by atoms with van der Waals surface area (Å²) in [5.74, 6) is 0.957. The third-order valence-corrected chi connectivity index (χ3v) is 4.45. The van der Waals surface area contributed by atoms with E-state index in [1.165, 1.54) is 32.1 Å². The fraction of sp³-hybridized carbons (Fsp3) is 0.923. The molecule has 0 aromatic carbocycles. The summed E-state index contributed by atoms with van der Waals surface area (Å²) in [4.78, 5) is 13.7. The molecule has 0 spiro atoms. The first-order valence-electron chi connectivity index (χ1n) is 6.83. The lowest BCUT2D eigenvalue weighted by Crippen LogP contribution is -2.47. The van der Waals surface area contributed by atoms with Crippen LogP contribution in [0.4, 0.5) is 0 Å². The zero-order valence-corrected chi connectivity index (χ0v) is 11.0. The molecule has 2 fully saturated rings. The van der Waals surface area contributed by atoms with E-state index >= 15 is 0 Å². The zero-order chi connectivity index (χ0) is 12.5. The van der Waals surface area contributed by atoms with Crippen molar-refractivity contribution < 1.29 is 4.79 Å². The van der Waals surface area contributed by atoms with Gasteiger partial charge in [0.1, 0.15) is 6.29 Å². The third kappa shape index (κ3) is 2.63. The molecule has 1 heterocycles. The monoisotopic (exact) mass is 239 g/mol. The first kappa shape index (κ1) is 12.8. The molecule has 0 aromatic rings. The average Bonchev–Trinajstić information content (AvgIpc) is 2.53. The number of nitrogens with zero attached hydrogens (tertiary/aromatic N) is 1. The Labute approximate surface area is 104 Å². The molecule has 1 saturated carbocycles. The van der Waals surface area contributed by atoms with Gasteiger partial charge in [-0.05, 0) is 25.7 Å². The van der Waals surface area contributed by atoms with Crippen LogP contribution in [0.25, 0.3) is 0 Å². The lowest BCUT2D eigenvalue weighted by Gasteiger charge is -2.27. The van der Waals surface area contributed by atoms with Crippen LogP contribution in [0, 0.1) is 5.92 Å². The molecule has 4 heteroatoms. The molecular formula is C13H25N3O. The number of amides is 1. The van der Waals surface area contributed by atoms with E-state index in [-0.39, 0.29) is 12.2 Å². The topological polar surface area (TPSA) is 58.4 Å². The van der Waals surface area contributed by atoms with Gasteiger partial charge in [0.15, 0.2) is 0 Å². The fourth-order valence-electron chi connectivity index (χ4n) is 3.15. The second-order valence-electron chi connectivity index (χ2n) is 5.88. The molecule has 1 aliphatic carbocycles. The molecule has 1 saturated heterocycles. The van der Waals surface area contributed by atoms with Gasteiger partial charge in [-0.2, -0.15) is 0 Å². The molecule has 0 bridgehead atoms. The van der Waals surface area contributed by atoms with Crippen molar-refractivity contribution in [1.82, 2.24) is 10.2 Å². The normalized spacial score (nSPS) is 35.6. The van der Waals surface area contributed by atoms with Crippen LogP contribution in [-0.2, 0) is 4.79 Å². The summed E-state index contributed by atoms with van der Waals surface area (Å²) in [6.45, 7) is 1.99. The van der Waals surface area contributed by atoms with E-state index in [0.717, 1.165) is 18.8 Å². The van der Waals surface area contributed by atoms with Gasteiger partial charge in [0.05, 0.1) is 5.54 Å². The zero-order valence-electron chi connectivity index (χ0n) is 11.0. The smallest absolute Gasteiger partial charge is 0.244 e. The Hall–Kier alpha value is -0.610. The second kappa shape index (κ2) is 4.94. The minimum atomic E-state index is -0.439. The molecule has 1 unspecified atom stereocenters. The van der Waals surface area contributed by atoms with Crippen LogP contribution in [0.2, 0.25) is 0 Å². The van der Waals surface area contributed by atoms with E-state index in [1.54, 1.807) is 11.9 Å². The largest absolute Gasteiger partial charge is 0.316 e. The number of likely N-dealkylation sites (N-methyl/N-ethyl adjacent to an activating group) is 1. The summed E-state index contributed by atoms with van der Waals surface area (Å²) < 4.78 is 0. The Kier molecular flexibility index (Phi) is 3.73. The molecule has 4 nitrogen and oxygen atoms in total. The minimum absolute atomic E-state index is 0.140. The highest BCUT2D eigenvalue weighted by atomic mass is 16.2. The summed E-state index contributed by atoms with van der Waals surface area (Å²) in [5, 5.41) is 3.22. The van der Waals surface area contributed by atoms with E-state index in [4.69, 9.17) is 5.73 Å². The number of carbonyl (C=O) groups is 1. The van der Waals surface area contributed by atoms with Crippen LogP contribution >= 0.6 is 0 Å². The lowest BCUT2D eigenvalue weighted by molar-refractivity contribution is -0.131. The molecule has 0 aromatic heterocycles. The molecular weight excluding hydrogens is 214 g/mol. The number of nitrogens with two attached hydrogens (primary N) is 1. The number of hydrogen-bond acceptors (Lipinski definition) is 3. The van der Waals surface area contributed by atoms with Gasteiger partial charge in [-0.15, -0.1) is 0 Å². The third-order valence-electron chi connectivity index (χ3n) is 4.45. The Morgan fingerprint density at radius 2 is 2.06 bits per heavy atom. The highest BCUT2D eigenvalue weighted by Crippen LogP contribution is 2.31. The summed E-state index contributed by atoms with van der Waals surface area (Å²) in [5.41, 5.74) is 5.41. The van der Waals surface area contributed by atoms with Crippen LogP contribution in [0.5, 0.6) is 0 Å². The van der Waals surface area contributed by atoms with Crippen molar-refractivity contribution in [1.29, 1.82) is 0 Å². The second-order valence-corrected chi connectivity index (χ2v) is 5.88. The number of rotatable bonds is 3. The van der Waals surface area contributed by atoms with Gasteiger partial charge in [0, 0.05) is 7.05 Å². The van der Waals surface area contributed by atoms with Crippen molar-refractivity contribution in [2.75, 3.05) is 7.05 Å². The fourth-order valence-corrected chi connectivity index (χ4v) is 3.15. The summed E-state index contributed by atoms with van der Waals surface area (Å²) >= 11 is 0. The van der Waals surface area contributed by atoms with Gasteiger partial charge in [-0.1, -0.05) is 32.1 Å². The van der Waals surface area contributed by atoms with Crippen molar-refractivity contribution in [3.63, 3.8) is 0 Å². The first-order valence-corrected chi connectivity index (χ1v) is 6.83. The van der Waals surface area contributed by atoms with Crippen molar-refractivity contribution in [2.45, 2.75) is 63.7 Å². The number of hydrogen-bond donors (Lipinski definition) is 2. The molecule has 2 atom stereocenters. The Bertz CT molecular complexity index is 288. The molecule has 3 N–H and O–H groups in total. The van der Waals surface area contributed by atoms with E-state index in [2.05, 4.69) is 5.32 Å². The van der Waals surface area contributed by atoms with Gasteiger partial charge in [0.25, 0.3) is 0 Å². The van der Waals surface area contributed by atoms with Crippen molar-refractivity contribution >= 4 is 5.91 Å².